The van der Waals surface area contributed by atoms with E-state index >= 15 is 0 Å². The standard InChI is InChI=1S/C17H13ClF2N2O7/c1-27-14-6-9(2-5-13(14)29-17(19)20)16(24)28-8-15(23)21-11-4-3-10(18)7-12(11)22(25)26/h2-7,17H,8H2,1H3,(H,21,23). The van der Waals surface area contributed by atoms with Crippen molar-refractivity contribution in [1.82, 2.24) is 0 Å². The smallest absolute Gasteiger partial charge is 0.387 e. The monoisotopic (exact) mass is 430 g/mol. The highest BCUT2D eigenvalue weighted by Crippen LogP contribution is 2.30. The number of hydrogen-bond acceptors (Lipinski definition) is 7. The Hall–Kier alpha value is -3.47. The van der Waals surface area contributed by atoms with Crippen LogP contribution in [0.3, 0.4) is 0 Å². The molecule has 0 heterocycles. The molecule has 9 nitrogen and oxygen atoms in total. The number of anilines is 1. The molecule has 0 aliphatic heterocycles. The largest absolute Gasteiger partial charge is 0.493 e. The molecule has 0 unspecified atom stereocenters. The number of nitrogens with one attached hydrogen (secondary N) is 1. The maximum Gasteiger partial charge on any atom is 0.387 e. The van der Waals surface area contributed by atoms with Gasteiger partial charge in [0.1, 0.15) is 5.69 Å². The van der Waals surface area contributed by atoms with Gasteiger partial charge in [0, 0.05) is 11.1 Å². The maximum atomic E-state index is 12.3. The van der Waals surface area contributed by atoms with Crippen molar-refractivity contribution in [1.29, 1.82) is 0 Å². The summed E-state index contributed by atoms with van der Waals surface area (Å²) in [5.41, 5.74) is -0.652. The van der Waals surface area contributed by atoms with Crippen molar-refractivity contribution in [3.05, 3.63) is 57.1 Å². The molecule has 2 aromatic carbocycles. The van der Waals surface area contributed by atoms with Crippen LogP contribution in [-0.4, -0.2) is 37.1 Å². The van der Waals surface area contributed by atoms with E-state index in [4.69, 9.17) is 21.1 Å². The normalized spacial score (nSPS) is 10.4. The van der Waals surface area contributed by atoms with Crippen molar-refractivity contribution in [2.75, 3.05) is 19.0 Å². The SMILES string of the molecule is COc1cc(C(=O)OCC(=O)Nc2ccc(Cl)cc2[N+](=O)[O-])ccc1OC(F)F. The van der Waals surface area contributed by atoms with Gasteiger partial charge in [-0.1, -0.05) is 11.6 Å². The Bertz CT molecular complexity index is 940. The number of halogens is 3. The highest BCUT2D eigenvalue weighted by atomic mass is 35.5. The minimum atomic E-state index is -3.08. The number of nitrogens with zero attached hydrogens (tertiary/aromatic N) is 1. The number of amides is 1. The van der Waals surface area contributed by atoms with E-state index in [9.17, 15) is 28.5 Å². The average molecular weight is 431 g/mol. The van der Waals surface area contributed by atoms with E-state index in [1.165, 1.54) is 19.2 Å². The van der Waals surface area contributed by atoms with Gasteiger partial charge in [-0.2, -0.15) is 8.78 Å². The van der Waals surface area contributed by atoms with E-state index in [1.807, 2.05) is 0 Å². The van der Waals surface area contributed by atoms with Crippen molar-refractivity contribution in [2.24, 2.45) is 0 Å². The van der Waals surface area contributed by atoms with Gasteiger partial charge in [0.05, 0.1) is 17.6 Å². The zero-order valence-corrected chi connectivity index (χ0v) is 15.4. The molecule has 0 bridgehead atoms. The molecular weight excluding hydrogens is 418 g/mol. The van der Waals surface area contributed by atoms with E-state index in [2.05, 4.69) is 10.1 Å². The van der Waals surface area contributed by atoms with Crippen molar-refractivity contribution in [3.8, 4) is 11.5 Å². The number of carbonyl (C=O) groups is 2. The average Bonchev–Trinajstić information content (AvgIpc) is 2.67. The van der Waals surface area contributed by atoms with Crippen LogP contribution in [0.25, 0.3) is 0 Å². The number of nitro groups is 1. The second-order valence-electron chi connectivity index (χ2n) is 5.29. The van der Waals surface area contributed by atoms with Crippen molar-refractivity contribution in [3.63, 3.8) is 0 Å². The van der Waals surface area contributed by atoms with Gasteiger partial charge in [0.2, 0.25) is 0 Å². The Morgan fingerprint density at radius 1 is 1.21 bits per heavy atom. The number of methoxy groups -OCH3 is 1. The molecule has 0 atom stereocenters. The lowest BCUT2D eigenvalue weighted by molar-refractivity contribution is -0.383. The van der Waals surface area contributed by atoms with Crippen molar-refractivity contribution >= 4 is 34.9 Å². The summed E-state index contributed by atoms with van der Waals surface area (Å²) in [6, 6.07) is 6.95. The molecule has 2 aromatic rings. The van der Waals surface area contributed by atoms with Gasteiger partial charge in [0.15, 0.2) is 18.1 Å². The summed E-state index contributed by atoms with van der Waals surface area (Å²) in [4.78, 5) is 34.3. The first-order valence-corrected chi connectivity index (χ1v) is 8.13. The van der Waals surface area contributed by atoms with Gasteiger partial charge in [0.25, 0.3) is 11.6 Å². The molecular formula is C17H13ClF2N2O7. The third kappa shape index (κ3) is 6.01. The molecule has 1 N–H and O–H groups in total. The minimum absolute atomic E-state index is 0.0891. The topological polar surface area (TPSA) is 117 Å². The molecule has 1 amide bonds. The number of ether oxygens (including phenoxy) is 3. The molecule has 0 saturated carbocycles. The van der Waals surface area contributed by atoms with Crippen LogP contribution < -0.4 is 14.8 Å². The summed E-state index contributed by atoms with van der Waals surface area (Å²) in [5, 5.41) is 13.3. The molecule has 2 rings (SSSR count). The van der Waals surface area contributed by atoms with Gasteiger partial charge in [-0.05, 0) is 30.3 Å². The second kappa shape index (κ2) is 9.64. The third-order valence-corrected chi connectivity index (χ3v) is 3.62. The van der Waals surface area contributed by atoms with Crippen LogP contribution in [0.15, 0.2) is 36.4 Å². The predicted octanol–water partition coefficient (Wildman–Crippen LogP) is 3.65. The van der Waals surface area contributed by atoms with Crippen molar-refractivity contribution in [2.45, 2.75) is 6.61 Å². The summed E-state index contributed by atoms with van der Waals surface area (Å²) in [7, 11) is 1.19. The zero-order valence-electron chi connectivity index (χ0n) is 14.7. The highest BCUT2D eigenvalue weighted by molar-refractivity contribution is 6.31. The van der Waals surface area contributed by atoms with Crippen molar-refractivity contribution < 1.29 is 37.5 Å². The number of esters is 1. The second-order valence-corrected chi connectivity index (χ2v) is 5.72. The molecule has 0 spiro atoms. The lowest BCUT2D eigenvalue weighted by Gasteiger charge is -2.11. The van der Waals surface area contributed by atoms with E-state index in [-0.39, 0.29) is 27.8 Å². The fourth-order valence-corrected chi connectivity index (χ4v) is 2.32. The Morgan fingerprint density at radius 3 is 2.55 bits per heavy atom. The number of alkyl halides is 2. The Labute approximate surface area is 167 Å². The van der Waals surface area contributed by atoms with E-state index in [0.717, 1.165) is 24.3 Å². The Kier molecular flexibility index (Phi) is 7.26. The van der Waals surface area contributed by atoms with Crippen LogP contribution in [0.2, 0.25) is 5.02 Å². The summed E-state index contributed by atoms with van der Waals surface area (Å²) in [5.74, 6) is -2.21. The van der Waals surface area contributed by atoms with Crippen LogP contribution in [0, 0.1) is 10.1 Å². The number of benzene rings is 2. The molecule has 0 saturated heterocycles. The molecule has 0 aliphatic carbocycles. The Morgan fingerprint density at radius 2 is 1.93 bits per heavy atom. The quantitative estimate of drug-likeness (QED) is 0.386. The number of rotatable bonds is 8. The van der Waals surface area contributed by atoms with Crippen LogP contribution in [0.1, 0.15) is 10.4 Å². The lowest BCUT2D eigenvalue weighted by atomic mass is 10.2. The van der Waals surface area contributed by atoms with Gasteiger partial charge in [-0.15, -0.1) is 0 Å². The van der Waals surface area contributed by atoms with Gasteiger partial charge in [-0.3, -0.25) is 14.9 Å². The first kappa shape index (κ1) is 21.8. The summed E-state index contributed by atoms with van der Waals surface area (Å²) < 4.78 is 38.6. The molecule has 12 heteroatoms. The fraction of sp³-hybridized carbons (Fsp3) is 0.176. The third-order valence-electron chi connectivity index (χ3n) is 3.38. The molecule has 0 aliphatic rings. The van der Waals surface area contributed by atoms with E-state index in [1.54, 1.807) is 0 Å². The molecule has 154 valence electrons. The summed E-state index contributed by atoms with van der Waals surface area (Å²) >= 11 is 5.68. The maximum absolute atomic E-state index is 12.3. The molecule has 29 heavy (non-hydrogen) atoms. The Balaban J connectivity index is 2.02. The first-order valence-electron chi connectivity index (χ1n) is 7.75. The van der Waals surface area contributed by atoms with Crippen LogP contribution >= 0.6 is 11.6 Å². The number of carbonyl (C=O) groups excluding carboxylic acids is 2. The molecule has 0 aromatic heterocycles. The van der Waals surface area contributed by atoms with Gasteiger partial charge >= 0.3 is 12.6 Å². The predicted molar refractivity (Wildman–Crippen MR) is 96.6 cm³/mol. The summed E-state index contributed by atoms with van der Waals surface area (Å²) in [6.07, 6.45) is 0. The zero-order chi connectivity index (χ0) is 21.6. The number of hydrogen-bond donors (Lipinski definition) is 1. The highest BCUT2D eigenvalue weighted by Gasteiger charge is 2.19. The molecule has 0 fully saturated rings. The minimum Gasteiger partial charge on any atom is -0.493 e. The lowest BCUT2D eigenvalue weighted by Crippen LogP contribution is -2.21. The molecule has 0 radical (unpaired) electrons. The fourth-order valence-electron chi connectivity index (χ4n) is 2.15. The first-order chi connectivity index (χ1) is 13.7. The van der Waals surface area contributed by atoms with E-state index < -0.39 is 35.7 Å². The van der Waals surface area contributed by atoms with Gasteiger partial charge < -0.3 is 19.5 Å². The van der Waals surface area contributed by atoms with Crippen LogP contribution in [0.4, 0.5) is 20.2 Å². The number of nitro benzene ring substituents is 1. The summed E-state index contributed by atoms with van der Waals surface area (Å²) in [6.45, 7) is -3.83. The van der Waals surface area contributed by atoms with Crippen LogP contribution in [0.5, 0.6) is 11.5 Å². The van der Waals surface area contributed by atoms with Gasteiger partial charge in [-0.25, -0.2) is 4.79 Å². The van der Waals surface area contributed by atoms with Crippen LogP contribution in [-0.2, 0) is 9.53 Å². The van der Waals surface area contributed by atoms with E-state index in [0.29, 0.717) is 0 Å².